The number of amides is 1. The van der Waals surface area contributed by atoms with Gasteiger partial charge in [0.1, 0.15) is 5.69 Å². The summed E-state index contributed by atoms with van der Waals surface area (Å²) < 4.78 is 3.74. The van der Waals surface area contributed by atoms with Gasteiger partial charge in [-0.2, -0.15) is 11.3 Å². The normalized spacial score (nSPS) is 11.0. The molecule has 0 unspecified atom stereocenters. The van der Waals surface area contributed by atoms with Gasteiger partial charge in [-0.1, -0.05) is 29.1 Å². The second-order valence-corrected chi connectivity index (χ2v) is 8.18. The van der Waals surface area contributed by atoms with Crippen LogP contribution in [0.25, 0.3) is 15.9 Å². The Morgan fingerprint density at radius 1 is 1.28 bits per heavy atom. The van der Waals surface area contributed by atoms with Gasteiger partial charge in [-0.3, -0.25) is 4.79 Å². The van der Waals surface area contributed by atoms with Crippen LogP contribution in [0.1, 0.15) is 5.69 Å². The third-order valence-electron chi connectivity index (χ3n) is 3.38. The molecule has 1 amide bonds. The standard InChI is InChI=1S/C16H13N5OS3/c22-15(10-24-16-18-13-3-1-2-4-14(13)25-16)17-7-11-8-21(20-19-11)12-5-6-23-9-12/h1-6,8-9H,7,10H2,(H,17,22). The van der Waals surface area contributed by atoms with E-state index >= 15 is 0 Å². The molecule has 4 rings (SSSR count). The van der Waals surface area contributed by atoms with Gasteiger partial charge in [-0.15, -0.1) is 16.4 Å². The highest BCUT2D eigenvalue weighted by Gasteiger charge is 2.09. The summed E-state index contributed by atoms with van der Waals surface area (Å²) in [6, 6.07) is 9.94. The van der Waals surface area contributed by atoms with Crippen molar-refractivity contribution in [1.82, 2.24) is 25.3 Å². The van der Waals surface area contributed by atoms with Crippen LogP contribution in [0.2, 0.25) is 0 Å². The second-order valence-electron chi connectivity index (χ2n) is 5.15. The lowest BCUT2D eigenvalue weighted by atomic mass is 10.3. The van der Waals surface area contributed by atoms with Crippen LogP contribution < -0.4 is 5.32 Å². The Balaban J connectivity index is 1.29. The fourth-order valence-electron chi connectivity index (χ4n) is 2.17. The number of para-hydroxylation sites is 1. The van der Waals surface area contributed by atoms with Crippen molar-refractivity contribution in [2.75, 3.05) is 5.75 Å². The summed E-state index contributed by atoms with van der Waals surface area (Å²) in [6.07, 6.45) is 1.82. The summed E-state index contributed by atoms with van der Waals surface area (Å²) in [5, 5.41) is 15.0. The fraction of sp³-hybridized carbons (Fsp3) is 0.125. The van der Waals surface area contributed by atoms with Gasteiger partial charge in [0.05, 0.1) is 34.4 Å². The predicted molar refractivity (Wildman–Crippen MR) is 101 cm³/mol. The Morgan fingerprint density at radius 2 is 2.20 bits per heavy atom. The number of benzene rings is 1. The number of thioether (sulfide) groups is 1. The number of thiophene rings is 1. The van der Waals surface area contributed by atoms with Crippen molar-refractivity contribution in [2.45, 2.75) is 10.9 Å². The molecule has 0 fully saturated rings. The lowest BCUT2D eigenvalue weighted by molar-refractivity contribution is -0.118. The highest BCUT2D eigenvalue weighted by Crippen LogP contribution is 2.29. The van der Waals surface area contributed by atoms with E-state index in [4.69, 9.17) is 0 Å². The van der Waals surface area contributed by atoms with Crippen molar-refractivity contribution in [2.24, 2.45) is 0 Å². The molecule has 9 heteroatoms. The van der Waals surface area contributed by atoms with E-state index < -0.39 is 0 Å². The number of nitrogens with zero attached hydrogens (tertiary/aromatic N) is 4. The molecule has 126 valence electrons. The van der Waals surface area contributed by atoms with E-state index in [0.29, 0.717) is 12.3 Å². The van der Waals surface area contributed by atoms with Gasteiger partial charge in [0.2, 0.25) is 5.91 Å². The number of thiazole rings is 1. The molecule has 0 spiro atoms. The summed E-state index contributed by atoms with van der Waals surface area (Å²) in [4.78, 5) is 16.5. The van der Waals surface area contributed by atoms with Crippen LogP contribution in [-0.4, -0.2) is 31.6 Å². The number of aromatic nitrogens is 4. The maximum Gasteiger partial charge on any atom is 0.230 e. The van der Waals surface area contributed by atoms with E-state index in [1.54, 1.807) is 27.4 Å². The van der Waals surface area contributed by atoms with Crippen molar-refractivity contribution >= 4 is 50.6 Å². The van der Waals surface area contributed by atoms with Crippen molar-refractivity contribution in [3.63, 3.8) is 0 Å². The first-order valence-corrected chi connectivity index (χ1v) is 10.2. The van der Waals surface area contributed by atoms with Crippen molar-refractivity contribution in [3.05, 3.63) is 53.0 Å². The molecule has 25 heavy (non-hydrogen) atoms. The second kappa shape index (κ2) is 7.34. The molecule has 1 N–H and O–H groups in total. The molecule has 3 aromatic heterocycles. The molecule has 0 aliphatic heterocycles. The minimum Gasteiger partial charge on any atom is -0.350 e. The number of carbonyl (C=O) groups is 1. The minimum absolute atomic E-state index is 0.0469. The van der Waals surface area contributed by atoms with Gasteiger partial charge in [0.15, 0.2) is 4.34 Å². The summed E-state index contributed by atoms with van der Waals surface area (Å²) >= 11 is 4.65. The van der Waals surface area contributed by atoms with Gasteiger partial charge in [0.25, 0.3) is 0 Å². The number of carbonyl (C=O) groups excluding carboxylic acids is 1. The van der Waals surface area contributed by atoms with E-state index in [1.165, 1.54) is 11.8 Å². The number of fused-ring (bicyclic) bond motifs is 1. The summed E-state index contributed by atoms with van der Waals surface area (Å²) in [5.74, 6) is 0.285. The average molecular weight is 388 g/mol. The smallest absolute Gasteiger partial charge is 0.230 e. The summed E-state index contributed by atoms with van der Waals surface area (Å²) in [5.41, 5.74) is 2.67. The number of hydrogen-bond acceptors (Lipinski definition) is 7. The number of nitrogens with one attached hydrogen (secondary N) is 1. The molecule has 0 saturated carbocycles. The van der Waals surface area contributed by atoms with E-state index in [-0.39, 0.29) is 5.91 Å². The maximum atomic E-state index is 12.0. The van der Waals surface area contributed by atoms with Crippen molar-refractivity contribution in [1.29, 1.82) is 0 Å². The van der Waals surface area contributed by atoms with Crippen molar-refractivity contribution in [3.8, 4) is 5.69 Å². The van der Waals surface area contributed by atoms with Gasteiger partial charge in [0, 0.05) is 5.38 Å². The Labute approximate surface area is 155 Å². The van der Waals surface area contributed by atoms with Crippen LogP contribution >= 0.6 is 34.4 Å². The molecule has 1 aromatic carbocycles. The monoisotopic (exact) mass is 387 g/mol. The van der Waals surface area contributed by atoms with Crippen LogP contribution in [0.4, 0.5) is 0 Å². The minimum atomic E-state index is -0.0469. The summed E-state index contributed by atoms with van der Waals surface area (Å²) in [6.45, 7) is 0.364. The molecular formula is C16H13N5OS3. The van der Waals surface area contributed by atoms with Crippen LogP contribution in [0.5, 0.6) is 0 Å². The average Bonchev–Trinajstić information content (AvgIpc) is 3.37. The quantitative estimate of drug-likeness (QED) is 0.514. The first kappa shape index (κ1) is 16.2. The third-order valence-corrected chi connectivity index (χ3v) is 6.23. The maximum absolute atomic E-state index is 12.0. The van der Waals surface area contributed by atoms with E-state index in [0.717, 1.165) is 25.9 Å². The SMILES string of the molecule is O=C(CSc1nc2ccccc2s1)NCc1cn(-c2ccsc2)nn1. The zero-order valence-electron chi connectivity index (χ0n) is 13.0. The lowest BCUT2D eigenvalue weighted by Gasteiger charge is -2.01. The first-order valence-electron chi connectivity index (χ1n) is 7.47. The van der Waals surface area contributed by atoms with E-state index in [2.05, 4.69) is 20.6 Å². The Hall–Kier alpha value is -2.23. The molecule has 0 radical (unpaired) electrons. The van der Waals surface area contributed by atoms with E-state index in [9.17, 15) is 4.79 Å². The Bertz CT molecular complexity index is 959. The van der Waals surface area contributed by atoms with Crippen LogP contribution in [0.15, 0.2) is 51.6 Å². The fourth-order valence-corrected chi connectivity index (χ4v) is 4.69. The predicted octanol–water partition coefficient (Wildman–Crippen LogP) is 3.35. The highest BCUT2D eigenvalue weighted by atomic mass is 32.2. The van der Waals surface area contributed by atoms with Crippen LogP contribution in [0.3, 0.4) is 0 Å². The Kier molecular flexibility index (Phi) is 4.77. The number of rotatable bonds is 6. The molecule has 3 heterocycles. The molecule has 0 saturated heterocycles. The van der Waals surface area contributed by atoms with Crippen LogP contribution in [0, 0.1) is 0 Å². The van der Waals surface area contributed by atoms with Gasteiger partial charge >= 0.3 is 0 Å². The molecule has 4 aromatic rings. The molecule has 0 aliphatic carbocycles. The third kappa shape index (κ3) is 3.89. The molecule has 0 aliphatic rings. The first-order chi connectivity index (χ1) is 12.3. The van der Waals surface area contributed by atoms with Gasteiger partial charge < -0.3 is 5.32 Å². The molecular weight excluding hydrogens is 374 g/mol. The van der Waals surface area contributed by atoms with Gasteiger partial charge in [-0.05, 0) is 23.6 Å². The highest BCUT2D eigenvalue weighted by molar-refractivity contribution is 8.01. The molecule has 6 nitrogen and oxygen atoms in total. The number of hydrogen-bond donors (Lipinski definition) is 1. The van der Waals surface area contributed by atoms with Crippen LogP contribution in [-0.2, 0) is 11.3 Å². The Morgan fingerprint density at radius 3 is 3.04 bits per heavy atom. The lowest BCUT2D eigenvalue weighted by Crippen LogP contribution is -2.24. The molecule has 0 bridgehead atoms. The van der Waals surface area contributed by atoms with E-state index in [1.807, 2.05) is 47.3 Å². The zero-order chi connectivity index (χ0) is 17.1. The largest absolute Gasteiger partial charge is 0.350 e. The zero-order valence-corrected chi connectivity index (χ0v) is 15.4. The van der Waals surface area contributed by atoms with Gasteiger partial charge in [-0.25, -0.2) is 9.67 Å². The summed E-state index contributed by atoms with van der Waals surface area (Å²) in [7, 11) is 0. The topological polar surface area (TPSA) is 72.7 Å². The molecule has 0 atom stereocenters. The van der Waals surface area contributed by atoms with Crippen molar-refractivity contribution < 1.29 is 4.79 Å².